The molecule has 3 aromatic rings. The van der Waals surface area contributed by atoms with E-state index in [1.165, 1.54) is 0 Å². The van der Waals surface area contributed by atoms with Crippen LogP contribution in [-0.4, -0.2) is 32.8 Å². The van der Waals surface area contributed by atoms with Crippen LogP contribution in [0.15, 0.2) is 30.6 Å². The zero-order valence-electron chi connectivity index (χ0n) is 12.6. The maximum atomic E-state index is 12.4. The van der Waals surface area contributed by atoms with Gasteiger partial charge in [0.05, 0.1) is 13.2 Å². The molecule has 2 aromatic heterocycles. The Kier molecular flexibility index (Phi) is 3.54. The van der Waals surface area contributed by atoms with Gasteiger partial charge in [0.1, 0.15) is 17.8 Å². The summed E-state index contributed by atoms with van der Waals surface area (Å²) in [6.07, 6.45) is 1.60. The van der Waals surface area contributed by atoms with Crippen LogP contribution >= 0.6 is 0 Å². The summed E-state index contributed by atoms with van der Waals surface area (Å²) in [5.41, 5.74) is 1.38. The number of aryl methyl sites for hydroxylation is 1. The van der Waals surface area contributed by atoms with E-state index >= 15 is 0 Å². The lowest BCUT2D eigenvalue weighted by atomic mass is 10.2. The zero-order valence-corrected chi connectivity index (χ0v) is 12.6. The maximum Gasteiger partial charge on any atom is 0.268 e. The summed E-state index contributed by atoms with van der Waals surface area (Å²) < 4.78 is 6.97. The van der Waals surface area contributed by atoms with Gasteiger partial charge in [0, 0.05) is 18.0 Å². The van der Waals surface area contributed by atoms with Crippen molar-refractivity contribution >= 4 is 16.8 Å². The molecule has 0 aliphatic rings. The van der Waals surface area contributed by atoms with E-state index in [0.29, 0.717) is 11.5 Å². The number of ether oxygens (including phenoxy) is 1. The third-order valence-electron chi connectivity index (χ3n) is 3.55. The minimum Gasteiger partial charge on any atom is -0.497 e. The van der Waals surface area contributed by atoms with Crippen LogP contribution in [-0.2, 0) is 7.05 Å². The molecule has 7 heteroatoms. The number of H-pyrrole nitrogens is 1. The van der Waals surface area contributed by atoms with Gasteiger partial charge < -0.3 is 19.6 Å². The van der Waals surface area contributed by atoms with Crippen molar-refractivity contribution in [3.05, 3.63) is 42.1 Å². The van der Waals surface area contributed by atoms with Crippen LogP contribution in [0.4, 0.5) is 0 Å². The largest absolute Gasteiger partial charge is 0.497 e. The molecule has 0 unspecified atom stereocenters. The molecule has 0 saturated carbocycles. The molecule has 22 heavy (non-hydrogen) atoms. The standard InChI is InChI=1S/C15H17N5O2/c1-9(14-19-16-8-20(14)2)17-15(21)13-7-10-6-11(22-3)4-5-12(10)18-13/h4-9,18H,1-3H3,(H,17,21)/t9-/m0/s1. The zero-order chi connectivity index (χ0) is 15.7. The second-order valence-electron chi connectivity index (χ2n) is 5.13. The molecule has 0 spiro atoms. The van der Waals surface area contributed by atoms with E-state index in [2.05, 4.69) is 20.5 Å². The molecule has 3 rings (SSSR count). The Morgan fingerprint density at radius 1 is 1.41 bits per heavy atom. The normalized spacial score (nSPS) is 12.3. The number of aromatic nitrogens is 4. The van der Waals surface area contributed by atoms with Gasteiger partial charge >= 0.3 is 0 Å². The number of fused-ring (bicyclic) bond motifs is 1. The van der Waals surface area contributed by atoms with E-state index < -0.39 is 0 Å². The predicted molar refractivity (Wildman–Crippen MR) is 81.7 cm³/mol. The van der Waals surface area contributed by atoms with Gasteiger partial charge in [-0.1, -0.05) is 0 Å². The van der Waals surface area contributed by atoms with Crippen molar-refractivity contribution in [2.45, 2.75) is 13.0 Å². The number of rotatable bonds is 4. The molecular weight excluding hydrogens is 282 g/mol. The highest BCUT2D eigenvalue weighted by molar-refractivity contribution is 5.98. The van der Waals surface area contributed by atoms with Crippen LogP contribution in [0.2, 0.25) is 0 Å². The number of nitrogens with zero attached hydrogens (tertiary/aromatic N) is 3. The Balaban J connectivity index is 1.81. The minimum absolute atomic E-state index is 0.189. The van der Waals surface area contributed by atoms with Gasteiger partial charge in [-0.05, 0) is 31.2 Å². The van der Waals surface area contributed by atoms with E-state index in [4.69, 9.17) is 4.74 Å². The van der Waals surface area contributed by atoms with Crippen LogP contribution in [0, 0.1) is 0 Å². The first-order valence-corrected chi connectivity index (χ1v) is 6.90. The number of benzene rings is 1. The number of hydrogen-bond donors (Lipinski definition) is 2. The van der Waals surface area contributed by atoms with Gasteiger partial charge in [0.25, 0.3) is 5.91 Å². The highest BCUT2D eigenvalue weighted by atomic mass is 16.5. The highest BCUT2D eigenvalue weighted by Gasteiger charge is 2.17. The molecule has 2 heterocycles. The lowest BCUT2D eigenvalue weighted by molar-refractivity contribution is 0.0933. The first-order valence-electron chi connectivity index (χ1n) is 6.90. The number of methoxy groups -OCH3 is 1. The topological polar surface area (TPSA) is 84.8 Å². The molecule has 0 saturated heterocycles. The number of amides is 1. The lowest BCUT2D eigenvalue weighted by Crippen LogP contribution is -2.28. The molecule has 2 N–H and O–H groups in total. The van der Waals surface area contributed by atoms with E-state index in [1.54, 1.807) is 24.1 Å². The Labute approximate surface area is 127 Å². The summed E-state index contributed by atoms with van der Waals surface area (Å²) in [6.45, 7) is 1.87. The minimum atomic E-state index is -0.235. The second kappa shape index (κ2) is 5.51. The van der Waals surface area contributed by atoms with Gasteiger partial charge in [-0.2, -0.15) is 0 Å². The van der Waals surface area contributed by atoms with Crippen LogP contribution in [0.25, 0.3) is 10.9 Å². The smallest absolute Gasteiger partial charge is 0.268 e. The van der Waals surface area contributed by atoms with Crippen molar-refractivity contribution in [3.8, 4) is 5.75 Å². The van der Waals surface area contributed by atoms with Gasteiger partial charge in [-0.3, -0.25) is 4.79 Å². The van der Waals surface area contributed by atoms with E-state index in [-0.39, 0.29) is 11.9 Å². The van der Waals surface area contributed by atoms with Crippen molar-refractivity contribution in [1.29, 1.82) is 0 Å². The Hall–Kier alpha value is -2.83. The summed E-state index contributed by atoms with van der Waals surface area (Å²) in [5, 5.41) is 11.6. The van der Waals surface area contributed by atoms with Crippen molar-refractivity contribution in [1.82, 2.24) is 25.1 Å². The second-order valence-corrected chi connectivity index (χ2v) is 5.13. The van der Waals surface area contributed by atoms with E-state index in [1.807, 2.05) is 32.2 Å². The molecule has 1 atom stereocenters. The molecule has 1 aromatic carbocycles. The van der Waals surface area contributed by atoms with Crippen LogP contribution in [0.3, 0.4) is 0 Å². The van der Waals surface area contributed by atoms with E-state index in [9.17, 15) is 4.79 Å². The number of carbonyl (C=O) groups excluding carboxylic acids is 1. The fourth-order valence-electron chi connectivity index (χ4n) is 2.38. The predicted octanol–water partition coefficient (Wildman–Crippen LogP) is 1.80. The molecule has 0 bridgehead atoms. The van der Waals surface area contributed by atoms with Crippen LogP contribution < -0.4 is 10.1 Å². The average Bonchev–Trinajstić information content (AvgIpc) is 3.12. The molecule has 0 fully saturated rings. The molecule has 0 aliphatic carbocycles. The molecule has 1 amide bonds. The number of hydrogen-bond acceptors (Lipinski definition) is 4. The Bertz CT molecular complexity index is 820. The van der Waals surface area contributed by atoms with Crippen molar-refractivity contribution in [3.63, 3.8) is 0 Å². The fourth-order valence-corrected chi connectivity index (χ4v) is 2.38. The van der Waals surface area contributed by atoms with Crippen LogP contribution in [0.5, 0.6) is 5.75 Å². The molecule has 7 nitrogen and oxygen atoms in total. The molecular formula is C15H17N5O2. The first kappa shape index (κ1) is 14.1. The average molecular weight is 299 g/mol. The number of carbonyl (C=O) groups is 1. The molecule has 0 radical (unpaired) electrons. The Morgan fingerprint density at radius 3 is 2.91 bits per heavy atom. The van der Waals surface area contributed by atoms with Gasteiger partial charge in [0.2, 0.25) is 0 Å². The monoisotopic (exact) mass is 299 g/mol. The number of nitrogens with one attached hydrogen (secondary N) is 2. The third kappa shape index (κ3) is 2.52. The summed E-state index contributed by atoms with van der Waals surface area (Å²) in [4.78, 5) is 15.5. The summed E-state index contributed by atoms with van der Waals surface area (Å²) in [6, 6.07) is 7.19. The van der Waals surface area contributed by atoms with Crippen molar-refractivity contribution < 1.29 is 9.53 Å². The summed E-state index contributed by atoms with van der Waals surface area (Å²) in [7, 11) is 3.46. The quantitative estimate of drug-likeness (QED) is 0.769. The molecule has 114 valence electrons. The Morgan fingerprint density at radius 2 is 2.23 bits per heavy atom. The first-order chi connectivity index (χ1) is 10.6. The van der Waals surface area contributed by atoms with Gasteiger partial charge in [-0.15, -0.1) is 10.2 Å². The summed E-state index contributed by atoms with van der Waals surface area (Å²) in [5.74, 6) is 1.27. The highest BCUT2D eigenvalue weighted by Crippen LogP contribution is 2.21. The van der Waals surface area contributed by atoms with Crippen LogP contribution in [0.1, 0.15) is 29.3 Å². The van der Waals surface area contributed by atoms with Gasteiger partial charge in [0.15, 0.2) is 5.82 Å². The summed E-state index contributed by atoms with van der Waals surface area (Å²) >= 11 is 0. The van der Waals surface area contributed by atoms with Gasteiger partial charge in [-0.25, -0.2) is 0 Å². The fraction of sp³-hybridized carbons (Fsp3) is 0.267. The lowest BCUT2D eigenvalue weighted by Gasteiger charge is -2.11. The SMILES string of the molecule is COc1ccc2[nH]c(C(=O)N[C@@H](C)c3nncn3C)cc2c1. The number of aromatic amines is 1. The van der Waals surface area contributed by atoms with E-state index in [0.717, 1.165) is 16.7 Å². The van der Waals surface area contributed by atoms with Crippen molar-refractivity contribution in [2.75, 3.05) is 7.11 Å². The van der Waals surface area contributed by atoms with Crippen molar-refractivity contribution in [2.24, 2.45) is 7.05 Å². The maximum absolute atomic E-state index is 12.4. The molecule has 0 aliphatic heterocycles. The third-order valence-corrected chi connectivity index (χ3v) is 3.55.